The highest BCUT2D eigenvalue weighted by atomic mass is 32.1. The van der Waals surface area contributed by atoms with Crippen molar-refractivity contribution in [3.8, 4) is 10.6 Å². The van der Waals surface area contributed by atoms with E-state index in [0.29, 0.717) is 16.2 Å². The number of aromatic nitrogens is 1. The first-order valence-electron chi connectivity index (χ1n) is 7.03. The van der Waals surface area contributed by atoms with Crippen LogP contribution in [0.5, 0.6) is 0 Å². The summed E-state index contributed by atoms with van der Waals surface area (Å²) in [5, 5.41) is 5.85. The summed E-state index contributed by atoms with van der Waals surface area (Å²) in [6, 6.07) is 6.84. The fourth-order valence-corrected chi connectivity index (χ4v) is 4.27. The molecule has 134 valence electrons. The molecule has 3 rings (SSSR count). The molecular formula is C16H9F3N2O2S3. The van der Waals surface area contributed by atoms with Crippen LogP contribution in [0.4, 0.5) is 18.3 Å². The summed E-state index contributed by atoms with van der Waals surface area (Å²) in [7, 11) is 0. The Hall–Kier alpha value is -2.30. The number of thiophene rings is 2. The van der Waals surface area contributed by atoms with Gasteiger partial charge in [0.05, 0.1) is 4.88 Å². The summed E-state index contributed by atoms with van der Waals surface area (Å²) >= 11 is 3.10. The highest BCUT2D eigenvalue weighted by Gasteiger charge is 2.42. The third kappa shape index (κ3) is 4.26. The first-order chi connectivity index (χ1) is 12.3. The van der Waals surface area contributed by atoms with Gasteiger partial charge in [0.2, 0.25) is 5.91 Å². The van der Waals surface area contributed by atoms with E-state index in [1.54, 1.807) is 23.6 Å². The molecule has 0 fully saturated rings. The number of carbonyl (C=O) groups is 2. The standard InChI is InChI=1S/C16H9F3N2O2S3/c17-16(18,19)14(23)13-12(10-4-2-8-25-10)21-15(26-13)20-11(22)6-5-9-3-1-7-24-9/h1-8H,(H,20,21,22). The Morgan fingerprint density at radius 1 is 1.12 bits per heavy atom. The van der Waals surface area contributed by atoms with Crippen molar-refractivity contribution < 1.29 is 22.8 Å². The van der Waals surface area contributed by atoms with Gasteiger partial charge in [0.15, 0.2) is 5.13 Å². The van der Waals surface area contributed by atoms with Gasteiger partial charge in [0, 0.05) is 11.0 Å². The van der Waals surface area contributed by atoms with Crippen LogP contribution in [-0.4, -0.2) is 22.9 Å². The van der Waals surface area contributed by atoms with Crippen molar-refractivity contribution in [1.82, 2.24) is 4.98 Å². The van der Waals surface area contributed by atoms with Crippen LogP contribution in [0, 0.1) is 0 Å². The summed E-state index contributed by atoms with van der Waals surface area (Å²) in [5.74, 6) is -2.52. The van der Waals surface area contributed by atoms with E-state index >= 15 is 0 Å². The second-order valence-electron chi connectivity index (χ2n) is 4.84. The lowest BCUT2D eigenvalue weighted by atomic mass is 10.2. The molecule has 0 aliphatic carbocycles. The molecule has 26 heavy (non-hydrogen) atoms. The largest absolute Gasteiger partial charge is 0.455 e. The van der Waals surface area contributed by atoms with E-state index in [1.807, 2.05) is 17.5 Å². The molecule has 10 heteroatoms. The van der Waals surface area contributed by atoms with Gasteiger partial charge in [-0.25, -0.2) is 4.98 Å². The highest BCUT2D eigenvalue weighted by Crippen LogP contribution is 2.37. The van der Waals surface area contributed by atoms with E-state index in [-0.39, 0.29) is 10.8 Å². The molecule has 0 radical (unpaired) electrons. The van der Waals surface area contributed by atoms with Crippen LogP contribution < -0.4 is 5.32 Å². The predicted molar refractivity (Wildman–Crippen MR) is 97.8 cm³/mol. The van der Waals surface area contributed by atoms with Crippen molar-refractivity contribution in [2.75, 3.05) is 5.32 Å². The third-order valence-electron chi connectivity index (χ3n) is 3.02. The van der Waals surface area contributed by atoms with E-state index in [2.05, 4.69) is 10.3 Å². The maximum absolute atomic E-state index is 12.8. The van der Waals surface area contributed by atoms with Crippen LogP contribution in [0.3, 0.4) is 0 Å². The zero-order valence-corrected chi connectivity index (χ0v) is 15.2. The minimum Gasteiger partial charge on any atom is -0.298 e. The number of alkyl halides is 3. The van der Waals surface area contributed by atoms with Crippen molar-refractivity contribution in [3.05, 3.63) is 50.9 Å². The maximum Gasteiger partial charge on any atom is 0.455 e. The number of ketones is 1. The Kier molecular flexibility index (Phi) is 5.35. The number of amides is 1. The van der Waals surface area contributed by atoms with Crippen molar-refractivity contribution in [3.63, 3.8) is 0 Å². The molecule has 3 heterocycles. The Morgan fingerprint density at radius 2 is 1.85 bits per heavy atom. The van der Waals surface area contributed by atoms with E-state index in [4.69, 9.17) is 0 Å². The normalized spacial score (nSPS) is 11.8. The lowest BCUT2D eigenvalue weighted by molar-refractivity contribution is -0.111. The topological polar surface area (TPSA) is 59.1 Å². The van der Waals surface area contributed by atoms with Crippen LogP contribution in [0.2, 0.25) is 0 Å². The van der Waals surface area contributed by atoms with Crippen LogP contribution in [0.25, 0.3) is 16.6 Å². The van der Waals surface area contributed by atoms with E-state index in [1.165, 1.54) is 17.4 Å². The number of rotatable bonds is 5. The van der Waals surface area contributed by atoms with Gasteiger partial charge in [-0.3, -0.25) is 14.9 Å². The molecular weight excluding hydrogens is 405 g/mol. The van der Waals surface area contributed by atoms with Crippen molar-refractivity contribution in [2.24, 2.45) is 0 Å². The van der Waals surface area contributed by atoms with Crippen LogP contribution in [-0.2, 0) is 4.79 Å². The van der Waals surface area contributed by atoms with Gasteiger partial charge in [0.25, 0.3) is 5.78 Å². The van der Waals surface area contributed by atoms with Crippen LogP contribution in [0.15, 0.2) is 41.1 Å². The second-order valence-corrected chi connectivity index (χ2v) is 7.76. The average Bonchev–Trinajstić information content (AvgIpc) is 3.32. The third-order valence-corrected chi connectivity index (χ3v) is 5.70. The molecule has 0 saturated carbocycles. The summed E-state index contributed by atoms with van der Waals surface area (Å²) in [6.45, 7) is 0. The minimum atomic E-state index is -5.01. The molecule has 0 aliphatic rings. The van der Waals surface area contributed by atoms with Gasteiger partial charge in [-0.05, 0) is 29.0 Å². The Balaban J connectivity index is 1.86. The van der Waals surface area contributed by atoms with Gasteiger partial charge in [-0.2, -0.15) is 13.2 Å². The van der Waals surface area contributed by atoms with E-state index in [0.717, 1.165) is 16.2 Å². The minimum absolute atomic E-state index is 0.0678. The van der Waals surface area contributed by atoms with Crippen molar-refractivity contribution in [1.29, 1.82) is 0 Å². The molecule has 0 atom stereocenters. The number of nitrogens with zero attached hydrogens (tertiary/aromatic N) is 1. The summed E-state index contributed by atoms with van der Waals surface area (Å²) in [5.41, 5.74) is -0.0788. The monoisotopic (exact) mass is 414 g/mol. The molecule has 1 amide bonds. The Bertz CT molecular complexity index is 942. The fraction of sp³-hybridized carbons (Fsp3) is 0.0625. The quantitative estimate of drug-likeness (QED) is 0.453. The smallest absolute Gasteiger partial charge is 0.298 e. The molecule has 0 bridgehead atoms. The van der Waals surface area contributed by atoms with Crippen molar-refractivity contribution in [2.45, 2.75) is 6.18 Å². The molecule has 0 spiro atoms. The molecule has 0 unspecified atom stereocenters. The highest BCUT2D eigenvalue weighted by molar-refractivity contribution is 7.19. The molecule has 3 aromatic heterocycles. The first-order valence-corrected chi connectivity index (χ1v) is 9.61. The van der Waals surface area contributed by atoms with Gasteiger partial charge in [-0.1, -0.05) is 23.5 Å². The Labute approximate surface area is 157 Å². The number of thiazole rings is 1. The molecule has 0 aliphatic heterocycles. The fourth-order valence-electron chi connectivity index (χ4n) is 1.93. The molecule has 0 aromatic carbocycles. The number of nitrogens with one attached hydrogen (secondary N) is 1. The van der Waals surface area contributed by atoms with Gasteiger partial charge in [0.1, 0.15) is 10.6 Å². The summed E-state index contributed by atoms with van der Waals surface area (Å²) in [6.07, 6.45) is -2.18. The van der Waals surface area contributed by atoms with Crippen molar-refractivity contribution >= 4 is 56.9 Å². The second kappa shape index (κ2) is 7.52. The predicted octanol–water partition coefficient (Wildman–Crippen LogP) is 5.33. The number of hydrogen-bond acceptors (Lipinski definition) is 6. The van der Waals surface area contributed by atoms with Crippen LogP contribution >= 0.6 is 34.0 Å². The van der Waals surface area contributed by atoms with Gasteiger partial charge >= 0.3 is 6.18 Å². The zero-order chi connectivity index (χ0) is 18.7. The number of hydrogen-bond donors (Lipinski definition) is 1. The summed E-state index contributed by atoms with van der Waals surface area (Å²) in [4.78, 5) is 28.4. The van der Waals surface area contributed by atoms with E-state index in [9.17, 15) is 22.8 Å². The summed E-state index contributed by atoms with van der Waals surface area (Å²) < 4.78 is 38.5. The van der Waals surface area contributed by atoms with Gasteiger partial charge in [-0.15, -0.1) is 22.7 Å². The lowest BCUT2D eigenvalue weighted by Crippen LogP contribution is -2.22. The Morgan fingerprint density at radius 3 is 2.46 bits per heavy atom. The lowest BCUT2D eigenvalue weighted by Gasteiger charge is -2.03. The number of Topliss-reactive ketones (excluding diaryl/α,β-unsaturated/α-hetero) is 1. The first kappa shape index (κ1) is 18.5. The number of halogens is 3. The average molecular weight is 414 g/mol. The van der Waals surface area contributed by atoms with Gasteiger partial charge < -0.3 is 0 Å². The molecule has 3 aromatic rings. The molecule has 4 nitrogen and oxygen atoms in total. The molecule has 0 saturated heterocycles. The maximum atomic E-state index is 12.8. The molecule has 1 N–H and O–H groups in total. The SMILES string of the molecule is O=C(C=Cc1cccs1)Nc1nc(-c2cccs2)c(C(=O)C(F)(F)F)s1. The number of anilines is 1. The zero-order valence-electron chi connectivity index (χ0n) is 12.7. The van der Waals surface area contributed by atoms with E-state index < -0.39 is 22.7 Å². The van der Waals surface area contributed by atoms with Crippen LogP contribution in [0.1, 0.15) is 14.5 Å². The number of carbonyl (C=O) groups excluding carboxylic acids is 2.